The Morgan fingerprint density at radius 2 is 1.40 bits per heavy atom. The summed E-state index contributed by atoms with van der Waals surface area (Å²) in [6, 6.07) is 0. The van der Waals surface area contributed by atoms with Crippen LogP contribution in [-0.4, -0.2) is 17.0 Å². The van der Waals surface area contributed by atoms with Gasteiger partial charge in [-0.15, -0.1) is 0 Å². The van der Waals surface area contributed by atoms with Gasteiger partial charge in [0.05, 0.1) is 5.60 Å². The number of hydrogen-bond acceptors (Lipinski definition) is 2. The normalized spacial score (nSPS) is 36.8. The summed E-state index contributed by atoms with van der Waals surface area (Å²) >= 11 is 0. The van der Waals surface area contributed by atoms with Gasteiger partial charge in [0.2, 0.25) is 0 Å². The number of aliphatic hydroxyl groups excluding tert-OH is 1. The largest absolute Gasteiger partial charge is 0.368 e. The number of ether oxygens (including phenoxy) is 1. The molecule has 0 aromatic rings. The van der Waals surface area contributed by atoms with Gasteiger partial charge in [-0.05, 0) is 24.7 Å². The molecule has 0 aliphatic carbocycles. The predicted molar refractivity (Wildman–Crippen MR) is 57.9 cm³/mol. The molecule has 3 heteroatoms. The quantitative estimate of drug-likeness (QED) is 0.645. The fourth-order valence-electron chi connectivity index (χ4n) is 2.25. The molecule has 1 aliphatic rings. The summed E-state index contributed by atoms with van der Waals surface area (Å²) < 4.78 is 5.69. The SMILES string of the molecule is CC1C(O)OC(C)(C)C(C)(C)C1(C)C.[Ac]. The van der Waals surface area contributed by atoms with Crippen LogP contribution in [0.3, 0.4) is 0 Å². The molecule has 2 nitrogen and oxygen atoms in total. The Morgan fingerprint density at radius 3 is 1.80 bits per heavy atom. The Kier molecular flexibility index (Phi) is 4.97. The molecular weight excluding hydrogens is 403 g/mol. The van der Waals surface area contributed by atoms with Gasteiger partial charge < -0.3 is 9.84 Å². The van der Waals surface area contributed by atoms with Crippen LogP contribution in [0.2, 0.25) is 0 Å². The molecule has 0 amide bonds. The van der Waals surface area contributed by atoms with Crippen LogP contribution in [0.15, 0.2) is 0 Å². The third kappa shape index (κ3) is 2.32. The average molecular weight is 427 g/mol. The molecule has 1 rings (SSSR count). The smallest absolute Gasteiger partial charge is 0.158 e. The predicted octanol–water partition coefficient (Wildman–Crippen LogP) is 2.80. The molecule has 0 aromatic carbocycles. The van der Waals surface area contributed by atoms with Gasteiger partial charge in [-0.3, -0.25) is 0 Å². The maximum absolute atomic E-state index is 9.86. The second-order valence-corrected chi connectivity index (χ2v) is 6.15. The van der Waals surface area contributed by atoms with Crippen molar-refractivity contribution in [1.29, 1.82) is 0 Å². The fraction of sp³-hybridized carbons (Fsp3) is 1.00. The summed E-state index contributed by atoms with van der Waals surface area (Å²) in [5, 5.41) is 9.86. The molecule has 87 valence electrons. The molecule has 2 unspecified atom stereocenters. The van der Waals surface area contributed by atoms with Gasteiger partial charge in [-0.2, -0.15) is 0 Å². The molecule has 1 heterocycles. The van der Waals surface area contributed by atoms with E-state index < -0.39 is 6.29 Å². The molecule has 2 atom stereocenters. The van der Waals surface area contributed by atoms with Crippen molar-refractivity contribution >= 4 is 0 Å². The summed E-state index contributed by atoms with van der Waals surface area (Å²) in [7, 11) is 0. The van der Waals surface area contributed by atoms with Gasteiger partial charge in [-0.25, -0.2) is 0 Å². The molecule has 1 aliphatic heterocycles. The second kappa shape index (κ2) is 4.56. The molecule has 1 fully saturated rings. The molecular formula is C12H24AcO2. The van der Waals surface area contributed by atoms with Crippen LogP contribution in [0.25, 0.3) is 0 Å². The minimum atomic E-state index is -0.645. The van der Waals surface area contributed by atoms with Gasteiger partial charge in [0.25, 0.3) is 0 Å². The second-order valence-electron chi connectivity index (χ2n) is 6.15. The van der Waals surface area contributed by atoms with Crippen molar-refractivity contribution in [2.75, 3.05) is 0 Å². The van der Waals surface area contributed by atoms with Crippen LogP contribution in [-0.2, 0) is 4.74 Å². The van der Waals surface area contributed by atoms with Gasteiger partial charge in [0.15, 0.2) is 6.29 Å². The molecule has 1 N–H and O–H groups in total. The van der Waals surface area contributed by atoms with Crippen LogP contribution < -0.4 is 0 Å². The first kappa shape index (κ1) is 16.4. The van der Waals surface area contributed by atoms with Crippen molar-refractivity contribution in [3.63, 3.8) is 0 Å². The van der Waals surface area contributed by atoms with Crippen molar-refractivity contribution in [3.8, 4) is 0 Å². The summed E-state index contributed by atoms with van der Waals surface area (Å²) in [5.41, 5.74) is -0.185. The standard InChI is InChI=1S/C12H24O2.Ac/c1-8-9(13)14-12(6,7)11(4,5)10(8,2)3;/h8-9,13H,1-7H3;. The van der Waals surface area contributed by atoms with Crippen molar-refractivity contribution < 1.29 is 53.9 Å². The van der Waals surface area contributed by atoms with Crippen molar-refractivity contribution in [2.24, 2.45) is 16.7 Å². The fourth-order valence-corrected chi connectivity index (χ4v) is 2.25. The van der Waals surface area contributed by atoms with Crippen LogP contribution >= 0.6 is 0 Å². The maximum atomic E-state index is 9.86. The van der Waals surface area contributed by atoms with E-state index in [4.69, 9.17) is 4.74 Å². The summed E-state index contributed by atoms with van der Waals surface area (Å²) in [6.07, 6.45) is -0.645. The van der Waals surface area contributed by atoms with Gasteiger partial charge in [0, 0.05) is 50.0 Å². The summed E-state index contributed by atoms with van der Waals surface area (Å²) in [4.78, 5) is 0. The first-order chi connectivity index (χ1) is 6.04. The van der Waals surface area contributed by atoms with Crippen LogP contribution in [0.1, 0.15) is 48.5 Å². The van der Waals surface area contributed by atoms with E-state index in [-0.39, 0.29) is 66.4 Å². The van der Waals surface area contributed by atoms with Crippen molar-refractivity contribution in [1.82, 2.24) is 0 Å². The third-order valence-corrected chi connectivity index (χ3v) is 5.10. The van der Waals surface area contributed by atoms with Gasteiger partial charge in [-0.1, -0.05) is 34.6 Å². The number of rotatable bonds is 0. The number of aliphatic hydroxyl groups is 1. The first-order valence-electron chi connectivity index (χ1n) is 5.40. The maximum Gasteiger partial charge on any atom is 0.158 e. The molecule has 0 saturated carbocycles. The van der Waals surface area contributed by atoms with Gasteiger partial charge >= 0.3 is 0 Å². The molecule has 0 spiro atoms. The van der Waals surface area contributed by atoms with Gasteiger partial charge in [0.1, 0.15) is 0 Å². The van der Waals surface area contributed by atoms with E-state index >= 15 is 0 Å². The minimum Gasteiger partial charge on any atom is -0.368 e. The Balaban J connectivity index is 0.00000196. The van der Waals surface area contributed by atoms with E-state index in [1.54, 1.807) is 0 Å². The zero-order valence-electron chi connectivity index (χ0n) is 11.1. The Bertz CT molecular complexity index is 234. The Morgan fingerprint density at radius 1 is 1.00 bits per heavy atom. The average Bonchev–Trinajstić information content (AvgIpc) is 1.99. The molecule has 1 saturated heterocycles. The van der Waals surface area contributed by atoms with E-state index in [9.17, 15) is 5.11 Å². The van der Waals surface area contributed by atoms with E-state index in [0.717, 1.165) is 0 Å². The van der Waals surface area contributed by atoms with Crippen LogP contribution in [0.5, 0.6) is 0 Å². The van der Waals surface area contributed by atoms with Crippen LogP contribution in [0, 0.1) is 60.8 Å². The molecule has 1 radical (unpaired) electrons. The zero-order chi connectivity index (χ0) is 11.4. The third-order valence-electron chi connectivity index (χ3n) is 5.10. The summed E-state index contributed by atoms with van der Waals surface area (Å²) in [6.45, 7) is 15.0. The number of hydrogen-bond donors (Lipinski definition) is 1. The Hall–Kier alpha value is 1.36. The topological polar surface area (TPSA) is 29.5 Å². The zero-order valence-corrected chi connectivity index (χ0v) is 15.8. The summed E-state index contributed by atoms with van der Waals surface area (Å²) in [5.74, 6) is 0.158. The van der Waals surface area contributed by atoms with E-state index in [1.165, 1.54) is 0 Å². The minimum absolute atomic E-state index is 0. The van der Waals surface area contributed by atoms with Crippen LogP contribution in [0.4, 0.5) is 0 Å². The van der Waals surface area contributed by atoms with E-state index in [1.807, 2.05) is 0 Å². The Labute approximate surface area is 130 Å². The molecule has 0 aromatic heterocycles. The van der Waals surface area contributed by atoms with E-state index in [0.29, 0.717) is 0 Å². The first-order valence-corrected chi connectivity index (χ1v) is 5.40. The monoisotopic (exact) mass is 427 g/mol. The molecule has 0 bridgehead atoms. The van der Waals surface area contributed by atoms with Crippen molar-refractivity contribution in [2.45, 2.75) is 60.4 Å². The van der Waals surface area contributed by atoms with Crippen molar-refractivity contribution in [3.05, 3.63) is 0 Å². The molecule has 15 heavy (non-hydrogen) atoms. The van der Waals surface area contributed by atoms with E-state index in [2.05, 4.69) is 48.5 Å².